The van der Waals surface area contributed by atoms with Crippen molar-refractivity contribution < 1.29 is 9.53 Å². The van der Waals surface area contributed by atoms with Crippen LogP contribution in [0.3, 0.4) is 0 Å². The Morgan fingerprint density at radius 1 is 1.12 bits per heavy atom. The second-order valence-corrected chi connectivity index (χ2v) is 8.41. The third-order valence-electron chi connectivity index (χ3n) is 3.92. The second kappa shape index (κ2) is 11.4. The lowest BCUT2D eigenvalue weighted by molar-refractivity contribution is -0.142. The topological polar surface area (TPSA) is 29.5 Å². The number of alkyl halides is 1. The van der Waals surface area contributed by atoms with E-state index in [1.807, 2.05) is 24.8 Å². The van der Waals surface area contributed by atoms with E-state index in [4.69, 9.17) is 4.74 Å². The number of esters is 1. The highest BCUT2D eigenvalue weighted by atomic mass is 79.9. The van der Waals surface area contributed by atoms with Crippen molar-refractivity contribution in [2.24, 2.45) is 0 Å². The Kier molecular flexibility index (Phi) is 9.23. The van der Waals surface area contributed by atoms with Gasteiger partial charge in [0.1, 0.15) is 4.83 Å². The van der Waals surface area contributed by atoms with E-state index in [1.165, 1.54) is 10.5 Å². The monoisotopic (exact) mass is 435 g/mol. The van der Waals surface area contributed by atoms with Gasteiger partial charge in [-0.15, -0.1) is 11.8 Å². The first-order valence-electron chi connectivity index (χ1n) is 8.83. The molecule has 0 spiro atoms. The van der Waals surface area contributed by atoms with Gasteiger partial charge in [0.2, 0.25) is 0 Å². The zero-order valence-corrected chi connectivity index (χ0v) is 17.8. The van der Waals surface area contributed by atoms with E-state index in [9.17, 15) is 4.79 Å². The number of nitrogens with zero attached hydrogens (tertiary/aromatic N) is 1. The molecule has 0 aromatic heterocycles. The van der Waals surface area contributed by atoms with E-state index < -0.39 is 0 Å². The van der Waals surface area contributed by atoms with Crippen LogP contribution in [0.25, 0.3) is 0 Å². The fraction of sp³-hybridized carbons (Fsp3) is 0.381. The lowest BCUT2D eigenvalue weighted by atomic mass is 10.1. The van der Waals surface area contributed by atoms with Gasteiger partial charge in [-0.3, -0.25) is 4.79 Å². The first-order valence-corrected chi connectivity index (χ1v) is 10.7. The predicted molar refractivity (Wildman–Crippen MR) is 113 cm³/mol. The second-order valence-electron chi connectivity index (χ2n) is 6.14. The quantitative estimate of drug-likeness (QED) is 0.305. The van der Waals surface area contributed by atoms with Crippen LogP contribution in [-0.2, 0) is 22.5 Å². The molecule has 2 rings (SSSR count). The molecule has 0 aliphatic heterocycles. The van der Waals surface area contributed by atoms with Gasteiger partial charge >= 0.3 is 5.97 Å². The van der Waals surface area contributed by atoms with Crippen LogP contribution in [0.4, 0.5) is 0 Å². The molecule has 0 heterocycles. The number of hydrogen-bond donors (Lipinski definition) is 0. The number of rotatable bonds is 10. The molecule has 140 valence electrons. The van der Waals surface area contributed by atoms with Crippen molar-refractivity contribution in [1.29, 1.82) is 0 Å². The summed E-state index contributed by atoms with van der Waals surface area (Å²) in [7, 11) is 2.15. The third-order valence-corrected chi connectivity index (χ3v) is 5.61. The van der Waals surface area contributed by atoms with E-state index >= 15 is 0 Å². The van der Waals surface area contributed by atoms with E-state index in [0.29, 0.717) is 13.0 Å². The first-order chi connectivity index (χ1) is 12.6. The lowest BCUT2D eigenvalue weighted by Gasteiger charge is -2.16. The molecule has 0 saturated carbocycles. The van der Waals surface area contributed by atoms with Gasteiger partial charge in [-0.1, -0.05) is 58.4 Å². The fourth-order valence-electron chi connectivity index (χ4n) is 2.54. The summed E-state index contributed by atoms with van der Waals surface area (Å²) in [6.07, 6.45) is 0.642. The van der Waals surface area contributed by atoms with Gasteiger partial charge in [0.15, 0.2) is 0 Å². The number of halogens is 1. The van der Waals surface area contributed by atoms with E-state index in [0.717, 1.165) is 24.4 Å². The van der Waals surface area contributed by atoms with Crippen molar-refractivity contribution in [3.63, 3.8) is 0 Å². The first kappa shape index (κ1) is 21.0. The fourth-order valence-corrected chi connectivity index (χ4v) is 4.01. The minimum absolute atomic E-state index is 0.201. The minimum atomic E-state index is -0.285. The molecule has 3 nitrogen and oxygen atoms in total. The average molecular weight is 436 g/mol. The van der Waals surface area contributed by atoms with Gasteiger partial charge in [-0.25, -0.2) is 0 Å². The molecule has 0 amide bonds. The van der Waals surface area contributed by atoms with E-state index in [1.54, 1.807) is 0 Å². The van der Waals surface area contributed by atoms with Gasteiger partial charge in [0.25, 0.3) is 0 Å². The smallest absolute Gasteiger partial charge is 0.320 e. The molecule has 0 radical (unpaired) electrons. The molecular weight excluding hydrogens is 410 g/mol. The van der Waals surface area contributed by atoms with Gasteiger partial charge < -0.3 is 9.64 Å². The molecule has 0 aliphatic rings. The van der Waals surface area contributed by atoms with Crippen molar-refractivity contribution in [3.8, 4) is 0 Å². The summed E-state index contributed by atoms with van der Waals surface area (Å²) in [5, 5.41) is 0. The van der Waals surface area contributed by atoms with Crippen LogP contribution in [0.5, 0.6) is 0 Å². The zero-order chi connectivity index (χ0) is 18.8. The van der Waals surface area contributed by atoms with Crippen LogP contribution in [-0.4, -0.2) is 41.6 Å². The number of thioether (sulfide) groups is 1. The molecule has 26 heavy (non-hydrogen) atoms. The maximum atomic E-state index is 11.7. The van der Waals surface area contributed by atoms with Crippen LogP contribution < -0.4 is 0 Å². The van der Waals surface area contributed by atoms with Crippen molar-refractivity contribution in [1.82, 2.24) is 4.90 Å². The molecule has 1 atom stereocenters. The van der Waals surface area contributed by atoms with Crippen molar-refractivity contribution in [2.45, 2.75) is 29.6 Å². The highest BCUT2D eigenvalue weighted by molar-refractivity contribution is 9.10. The minimum Gasteiger partial charge on any atom is -0.465 e. The summed E-state index contributed by atoms with van der Waals surface area (Å²) in [5.41, 5.74) is 2.47. The SMILES string of the molecule is CCOC(=O)[C@H](Br)Cc1ccc(SCCN(C)Cc2ccccc2)cc1. The van der Waals surface area contributed by atoms with E-state index in [-0.39, 0.29) is 10.8 Å². The molecular formula is C21H26BrNO2S. The molecule has 0 aliphatic carbocycles. The molecule has 0 fully saturated rings. The summed E-state index contributed by atoms with van der Waals surface area (Å²) < 4.78 is 5.02. The molecule has 0 N–H and O–H groups in total. The number of ether oxygens (including phenoxy) is 1. The Morgan fingerprint density at radius 3 is 2.46 bits per heavy atom. The predicted octanol–water partition coefficient (Wildman–Crippen LogP) is 4.78. The Bertz CT molecular complexity index is 663. The maximum absolute atomic E-state index is 11.7. The number of hydrogen-bond acceptors (Lipinski definition) is 4. The molecule has 0 unspecified atom stereocenters. The van der Waals surface area contributed by atoms with Gasteiger partial charge in [-0.05, 0) is 43.7 Å². The average Bonchev–Trinajstić information content (AvgIpc) is 2.64. The van der Waals surface area contributed by atoms with Crippen molar-refractivity contribution in [3.05, 3.63) is 65.7 Å². The van der Waals surface area contributed by atoms with Crippen molar-refractivity contribution in [2.75, 3.05) is 26.0 Å². The molecule has 0 saturated heterocycles. The summed E-state index contributed by atoms with van der Waals surface area (Å²) >= 11 is 5.26. The Morgan fingerprint density at radius 2 is 1.81 bits per heavy atom. The van der Waals surface area contributed by atoms with Crippen LogP contribution >= 0.6 is 27.7 Å². The highest BCUT2D eigenvalue weighted by Crippen LogP contribution is 2.20. The normalized spacial score (nSPS) is 12.2. The number of carbonyl (C=O) groups is 1. The highest BCUT2D eigenvalue weighted by Gasteiger charge is 2.16. The lowest BCUT2D eigenvalue weighted by Crippen LogP contribution is -2.20. The largest absolute Gasteiger partial charge is 0.465 e. The van der Waals surface area contributed by atoms with E-state index in [2.05, 4.69) is 76.4 Å². The van der Waals surface area contributed by atoms with Gasteiger partial charge in [0.05, 0.1) is 6.61 Å². The summed E-state index contributed by atoms with van der Waals surface area (Å²) in [6, 6.07) is 19.0. The zero-order valence-electron chi connectivity index (χ0n) is 15.4. The summed E-state index contributed by atoms with van der Waals surface area (Å²) in [5.74, 6) is 0.847. The standard InChI is InChI=1S/C21H26BrNO2S/c1-3-25-21(24)20(22)15-17-9-11-19(12-10-17)26-14-13-23(2)16-18-7-5-4-6-8-18/h4-12,20H,3,13-16H2,1-2H3/t20-/m1/s1. The molecule has 0 bridgehead atoms. The Labute approximate surface area is 169 Å². The van der Waals surface area contributed by atoms with Crippen LogP contribution in [0.2, 0.25) is 0 Å². The van der Waals surface area contributed by atoms with Crippen LogP contribution in [0, 0.1) is 0 Å². The Hall–Kier alpha value is -1.30. The number of carbonyl (C=O) groups excluding carboxylic acids is 1. The van der Waals surface area contributed by atoms with Crippen LogP contribution in [0.1, 0.15) is 18.1 Å². The van der Waals surface area contributed by atoms with Gasteiger partial charge in [0, 0.05) is 23.7 Å². The molecule has 5 heteroatoms. The van der Waals surface area contributed by atoms with Gasteiger partial charge in [-0.2, -0.15) is 0 Å². The maximum Gasteiger partial charge on any atom is 0.320 e. The summed E-state index contributed by atoms with van der Waals surface area (Å²) in [4.78, 5) is 15.0. The molecule has 2 aromatic rings. The van der Waals surface area contributed by atoms with Crippen molar-refractivity contribution >= 4 is 33.7 Å². The third kappa shape index (κ3) is 7.52. The number of benzene rings is 2. The van der Waals surface area contributed by atoms with Crippen LogP contribution in [0.15, 0.2) is 59.5 Å². The summed E-state index contributed by atoms with van der Waals surface area (Å²) in [6.45, 7) is 4.24. The molecule has 2 aromatic carbocycles. The Balaban J connectivity index is 1.72.